The number of halogens is 3. The van der Waals surface area contributed by atoms with Gasteiger partial charge in [0.1, 0.15) is 5.82 Å². The van der Waals surface area contributed by atoms with Gasteiger partial charge in [-0.15, -0.1) is 11.6 Å². The van der Waals surface area contributed by atoms with Crippen molar-refractivity contribution in [3.05, 3.63) is 40.2 Å². The Morgan fingerprint density at radius 2 is 2.05 bits per heavy atom. The number of benzene rings is 1. The van der Waals surface area contributed by atoms with Crippen molar-refractivity contribution in [3.63, 3.8) is 0 Å². The number of aromatic nitrogens is 4. The van der Waals surface area contributed by atoms with E-state index >= 15 is 0 Å². The largest absolute Gasteiger partial charge is 0.343 e. The van der Waals surface area contributed by atoms with Crippen LogP contribution in [0.3, 0.4) is 0 Å². The molecule has 0 saturated heterocycles. The van der Waals surface area contributed by atoms with Crippen LogP contribution in [-0.2, 0) is 6.54 Å². The van der Waals surface area contributed by atoms with Gasteiger partial charge in [0.2, 0.25) is 6.39 Å². The summed E-state index contributed by atoms with van der Waals surface area (Å²) in [6.45, 7) is 2.25. The minimum absolute atomic E-state index is 0.271. The summed E-state index contributed by atoms with van der Waals surface area (Å²) in [5, 5.41) is 4.45. The number of rotatable bonds is 3. The zero-order chi connectivity index (χ0) is 14.3. The Hall–Kier alpha value is -1.30. The van der Waals surface area contributed by atoms with Crippen molar-refractivity contribution in [2.24, 2.45) is 0 Å². The Balaban J connectivity index is 2.20. The molecule has 0 N–H and O–H groups in total. The second-order valence-corrected chi connectivity index (χ2v) is 5.74. The second kappa shape index (κ2) is 5.24. The monoisotopic (exact) mass is 330 g/mol. The number of imidazole rings is 1. The smallest absolute Gasteiger partial charge is 0.213 e. The van der Waals surface area contributed by atoms with Gasteiger partial charge in [0.05, 0.1) is 33.0 Å². The summed E-state index contributed by atoms with van der Waals surface area (Å²) < 4.78 is 6.65. The van der Waals surface area contributed by atoms with Crippen LogP contribution < -0.4 is 0 Å². The lowest BCUT2D eigenvalue weighted by atomic mass is 10.3. The molecule has 1 unspecified atom stereocenters. The molecule has 104 valence electrons. The summed E-state index contributed by atoms with van der Waals surface area (Å²) in [7, 11) is 0. The Morgan fingerprint density at radius 3 is 2.70 bits per heavy atom. The van der Waals surface area contributed by atoms with Gasteiger partial charge >= 0.3 is 0 Å². The van der Waals surface area contributed by atoms with Crippen molar-refractivity contribution < 1.29 is 4.52 Å². The molecule has 0 aliphatic carbocycles. The molecular formula is C12H9Cl3N4O. The van der Waals surface area contributed by atoms with Gasteiger partial charge in [-0.05, 0) is 19.1 Å². The zero-order valence-electron chi connectivity index (χ0n) is 10.3. The SMILES string of the molecule is CC(Cl)c1nc2cc(Cl)c(Cl)cc2n1Cc1ncon1. The molecule has 0 spiro atoms. The normalized spacial score (nSPS) is 13.0. The molecule has 0 amide bonds. The molecule has 0 saturated carbocycles. The van der Waals surface area contributed by atoms with Crippen molar-refractivity contribution in [3.8, 4) is 0 Å². The Labute approximate surface area is 129 Å². The quantitative estimate of drug-likeness (QED) is 0.679. The van der Waals surface area contributed by atoms with E-state index < -0.39 is 0 Å². The zero-order valence-corrected chi connectivity index (χ0v) is 12.6. The molecule has 1 aromatic carbocycles. The Bertz CT molecular complexity index is 752. The van der Waals surface area contributed by atoms with Gasteiger partial charge in [0.25, 0.3) is 0 Å². The van der Waals surface area contributed by atoms with Crippen molar-refractivity contribution in [1.82, 2.24) is 19.7 Å². The number of hydrogen-bond acceptors (Lipinski definition) is 4. The third-order valence-corrected chi connectivity index (χ3v) is 3.80. The summed E-state index contributed by atoms with van der Waals surface area (Å²) in [5.41, 5.74) is 1.55. The summed E-state index contributed by atoms with van der Waals surface area (Å²) in [6, 6.07) is 3.48. The fraction of sp³-hybridized carbons (Fsp3) is 0.250. The molecule has 2 aromatic heterocycles. The first-order valence-electron chi connectivity index (χ1n) is 5.80. The minimum Gasteiger partial charge on any atom is -0.343 e. The third-order valence-electron chi connectivity index (χ3n) is 2.88. The van der Waals surface area contributed by atoms with E-state index in [9.17, 15) is 0 Å². The first-order chi connectivity index (χ1) is 9.56. The fourth-order valence-corrected chi connectivity index (χ4v) is 2.49. The van der Waals surface area contributed by atoms with Crippen LogP contribution in [0.15, 0.2) is 23.0 Å². The number of alkyl halides is 1. The van der Waals surface area contributed by atoms with E-state index in [2.05, 4.69) is 15.1 Å². The van der Waals surface area contributed by atoms with Gasteiger partial charge < -0.3 is 9.09 Å². The lowest BCUT2D eigenvalue weighted by molar-refractivity contribution is 0.408. The molecular weight excluding hydrogens is 323 g/mol. The van der Waals surface area contributed by atoms with Crippen LogP contribution in [0.2, 0.25) is 10.0 Å². The molecule has 3 aromatic rings. The van der Waals surface area contributed by atoms with Crippen molar-refractivity contribution in [2.75, 3.05) is 0 Å². The van der Waals surface area contributed by atoms with E-state index in [1.54, 1.807) is 12.1 Å². The summed E-state index contributed by atoms with van der Waals surface area (Å²) in [4.78, 5) is 8.51. The van der Waals surface area contributed by atoms with Crippen molar-refractivity contribution in [2.45, 2.75) is 18.8 Å². The summed E-state index contributed by atoms with van der Waals surface area (Å²) >= 11 is 18.3. The molecule has 0 bridgehead atoms. The Kier molecular flexibility index (Phi) is 3.58. The molecule has 0 aliphatic rings. The standard InChI is InChI=1S/C12H9Cl3N4O/c1-6(13)12-17-9-2-7(14)8(15)3-10(9)19(12)4-11-16-5-20-18-11/h2-3,5-6H,4H2,1H3. The lowest BCUT2D eigenvalue weighted by Gasteiger charge is -2.08. The fourth-order valence-electron chi connectivity index (χ4n) is 2.01. The third kappa shape index (κ3) is 2.37. The van der Waals surface area contributed by atoms with Gasteiger partial charge in [-0.25, -0.2) is 4.98 Å². The molecule has 0 aliphatic heterocycles. The highest BCUT2D eigenvalue weighted by molar-refractivity contribution is 6.42. The predicted octanol–water partition coefficient (Wildman–Crippen LogP) is 4.07. The first-order valence-corrected chi connectivity index (χ1v) is 7.00. The molecule has 8 heteroatoms. The molecule has 1 atom stereocenters. The maximum absolute atomic E-state index is 6.19. The van der Waals surface area contributed by atoms with E-state index in [-0.39, 0.29) is 5.38 Å². The van der Waals surface area contributed by atoms with Gasteiger partial charge in [0, 0.05) is 0 Å². The van der Waals surface area contributed by atoms with E-state index in [1.807, 2.05) is 11.5 Å². The topological polar surface area (TPSA) is 56.7 Å². The van der Waals surface area contributed by atoms with Crippen LogP contribution in [0.4, 0.5) is 0 Å². The lowest BCUT2D eigenvalue weighted by Crippen LogP contribution is -2.07. The average Bonchev–Trinajstić information content (AvgIpc) is 3.00. The van der Waals surface area contributed by atoms with Crippen LogP contribution in [0, 0.1) is 0 Å². The van der Waals surface area contributed by atoms with Gasteiger partial charge in [-0.3, -0.25) is 0 Å². The van der Waals surface area contributed by atoms with Gasteiger partial charge in [0.15, 0.2) is 5.82 Å². The maximum Gasteiger partial charge on any atom is 0.213 e. The minimum atomic E-state index is -0.271. The summed E-state index contributed by atoms with van der Waals surface area (Å²) in [6.07, 6.45) is 1.28. The number of fused-ring (bicyclic) bond motifs is 1. The highest BCUT2D eigenvalue weighted by atomic mass is 35.5. The van der Waals surface area contributed by atoms with Crippen molar-refractivity contribution in [1.29, 1.82) is 0 Å². The highest BCUT2D eigenvalue weighted by Crippen LogP contribution is 2.31. The van der Waals surface area contributed by atoms with Crippen LogP contribution >= 0.6 is 34.8 Å². The van der Waals surface area contributed by atoms with E-state index in [4.69, 9.17) is 39.3 Å². The highest BCUT2D eigenvalue weighted by Gasteiger charge is 2.17. The van der Waals surface area contributed by atoms with E-state index in [0.717, 1.165) is 11.0 Å². The van der Waals surface area contributed by atoms with E-state index in [1.165, 1.54) is 6.39 Å². The van der Waals surface area contributed by atoms with Crippen LogP contribution in [0.1, 0.15) is 23.9 Å². The van der Waals surface area contributed by atoms with E-state index in [0.29, 0.717) is 28.2 Å². The molecule has 0 fully saturated rings. The van der Waals surface area contributed by atoms with Crippen molar-refractivity contribution >= 4 is 45.8 Å². The van der Waals surface area contributed by atoms with Crippen LogP contribution in [0.25, 0.3) is 11.0 Å². The summed E-state index contributed by atoms with van der Waals surface area (Å²) in [5.74, 6) is 1.23. The van der Waals surface area contributed by atoms with Crippen LogP contribution in [-0.4, -0.2) is 19.7 Å². The first kappa shape index (κ1) is 13.7. The van der Waals surface area contributed by atoms with Crippen LogP contribution in [0.5, 0.6) is 0 Å². The maximum atomic E-state index is 6.19. The van der Waals surface area contributed by atoms with Gasteiger partial charge in [-0.1, -0.05) is 28.4 Å². The number of nitrogens with zero attached hydrogens (tertiary/aromatic N) is 4. The molecule has 0 radical (unpaired) electrons. The predicted molar refractivity (Wildman–Crippen MR) is 77.4 cm³/mol. The molecule has 5 nitrogen and oxygen atoms in total. The Morgan fingerprint density at radius 1 is 1.30 bits per heavy atom. The average molecular weight is 332 g/mol. The molecule has 3 rings (SSSR count). The number of hydrogen-bond donors (Lipinski definition) is 0. The molecule has 20 heavy (non-hydrogen) atoms. The van der Waals surface area contributed by atoms with Gasteiger partial charge in [-0.2, -0.15) is 4.98 Å². The molecule has 2 heterocycles. The second-order valence-electron chi connectivity index (χ2n) is 4.27.